The van der Waals surface area contributed by atoms with Gasteiger partial charge in [-0.15, -0.1) is 0 Å². The van der Waals surface area contributed by atoms with Crippen molar-refractivity contribution in [2.24, 2.45) is 0 Å². The molecule has 0 aliphatic carbocycles. The monoisotopic (exact) mass is 462 g/mol. The summed E-state index contributed by atoms with van der Waals surface area (Å²) in [5.41, 5.74) is 0. The van der Waals surface area contributed by atoms with E-state index in [1.165, 1.54) is 0 Å². The average Bonchev–Trinajstić information content (AvgIpc) is 1.97. The summed E-state index contributed by atoms with van der Waals surface area (Å²) in [5.74, 6) is 0. The molecular formula is C9H15BiF6O. The van der Waals surface area contributed by atoms with Gasteiger partial charge in [0.25, 0.3) is 0 Å². The van der Waals surface area contributed by atoms with Crippen LogP contribution >= 0.6 is 0 Å². The molecule has 0 rings (SSSR count). The first-order valence-electron chi connectivity index (χ1n) is 4.77. The van der Waals surface area contributed by atoms with Gasteiger partial charge in [-0.05, 0) is 0 Å². The number of hydrogen-bond donors (Lipinski definition) is 0. The normalized spacial score (nSPS) is 13.1. The molecule has 0 spiro atoms. The summed E-state index contributed by atoms with van der Waals surface area (Å²) in [6.45, 7) is 9.38. The fourth-order valence-corrected chi connectivity index (χ4v) is 5.42. The van der Waals surface area contributed by atoms with E-state index in [0.717, 1.165) is 7.25 Å². The van der Waals surface area contributed by atoms with Gasteiger partial charge in [0.2, 0.25) is 0 Å². The van der Waals surface area contributed by atoms with Crippen molar-refractivity contribution in [3.05, 3.63) is 0 Å². The Hall–Kier alpha value is 0.423. The minimum absolute atomic E-state index is 0.0432. The van der Waals surface area contributed by atoms with Crippen LogP contribution in [-0.4, -0.2) is 41.7 Å². The minimum atomic E-state index is -5.74. The molecule has 0 N–H and O–H groups in total. The maximum absolute atomic E-state index is 10.9. The summed E-state index contributed by atoms with van der Waals surface area (Å²) >= 11 is -0.0432. The molecule has 0 saturated carbocycles. The Morgan fingerprint density at radius 3 is 1.00 bits per heavy atom. The molecule has 17 heavy (non-hydrogen) atoms. The van der Waals surface area contributed by atoms with Crippen molar-refractivity contribution < 1.29 is 31.4 Å². The third-order valence-corrected chi connectivity index (χ3v) is 5.83. The second-order valence-corrected chi connectivity index (χ2v) is 13.0. The van der Waals surface area contributed by atoms with Gasteiger partial charge in [-0.2, -0.15) is 26.3 Å². The van der Waals surface area contributed by atoms with Crippen LogP contribution in [0.4, 0.5) is 26.3 Å². The van der Waals surface area contributed by atoms with Crippen molar-refractivity contribution in [3.63, 3.8) is 0 Å². The molecule has 0 unspecified atom stereocenters. The predicted molar refractivity (Wildman–Crippen MR) is 51.8 cm³/mol. The first kappa shape index (κ1) is 19.8. The number of alkyl halides is 6. The van der Waals surface area contributed by atoms with Crippen LogP contribution in [0.1, 0.15) is 27.7 Å². The summed E-state index contributed by atoms with van der Waals surface area (Å²) < 4.78 is 67.6. The third kappa shape index (κ3) is 12.7. The van der Waals surface area contributed by atoms with Gasteiger partial charge in [0.05, 0.1) is 6.10 Å². The molecule has 104 valence electrons. The molecule has 8 heteroatoms. The fourth-order valence-electron chi connectivity index (χ4n) is 0.782. The van der Waals surface area contributed by atoms with Gasteiger partial charge in [0, 0.05) is 0 Å². The van der Waals surface area contributed by atoms with E-state index in [1.807, 2.05) is 0 Å². The summed E-state index contributed by atoms with van der Waals surface area (Å²) in [5, 5.41) is 9.32. The molecule has 0 aromatic carbocycles. The maximum atomic E-state index is 10.9. The van der Waals surface area contributed by atoms with Crippen LogP contribution in [0.2, 0.25) is 7.25 Å². The zero-order valence-electron chi connectivity index (χ0n) is 9.86. The van der Waals surface area contributed by atoms with Gasteiger partial charge < -0.3 is 5.11 Å². The number of hydrogen-bond acceptors (Lipinski definition) is 1. The van der Waals surface area contributed by atoms with Gasteiger partial charge in [-0.25, -0.2) is 0 Å². The second-order valence-electron chi connectivity index (χ2n) is 3.80. The average molecular weight is 462 g/mol. The van der Waals surface area contributed by atoms with Crippen LogP contribution < -0.4 is 5.11 Å². The van der Waals surface area contributed by atoms with Crippen LogP contribution in [0.5, 0.6) is 0 Å². The first-order chi connectivity index (χ1) is 7.28. The van der Waals surface area contributed by atoms with Gasteiger partial charge in [0.15, 0.2) is 0 Å². The van der Waals surface area contributed by atoms with E-state index in [-0.39, 0.29) is 23.2 Å². The molecule has 0 aliphatic heterocycles. The molecule has 2 radical (unpaired) electrons. The van der Waals surface area contributed by atoms with Crippen molar-refractivity contribution >= 4 is 23.2 Å². The van der Waals surface area contributed by atoms with Crippen LogP contribution in [0.3, 0.4) is 0 Å². The third-order valence-electron chi connectivity index (χ3n) is 1.19. The Labute approximate surface area is 108 Å². The van der Waals surface area contributed by atoms with Crippen LogP contribution in [0.25, 0.3) is 0 Å². The Bertz CT molecular complexity index is 179. The predicted octanol–water partition coefficient (Wildman–Crippen LogP) is 3.19. The van der Waals surface area contributed by atoms with Gasteiger partial charge in [0.1, 0.15) is 0 Å². The summed E-state index contributed by atoms with van der Waals surface area (Å²) in [4.78, 5) is 0. The van der Waals surface area contributed by atoms with Gasteiger partial charge in [-0.3, -0.25) is 0 Å². The van der Waals surface area contributed by atoms with Crippen LogP contribution in [0, 0.1) is 0 Å². The van der Waals surface area contributed by atoms with E-state index in [0.29, 0.717) is 0 Å². The van der Waals surface area contributed by atoms with Crippen molar-refractivity contribution in [1.29, 1.82) is 0 Å². The molecule has 0 amide bonds. The molecule has 1 nitrogen and oxygen atoms in total. The van der Waals surface area contributed by atoms with E-state index in [4.69, 9.17) is 0 Å². The standard InChI is InChI=1S/C3HF6O.2C3H7.Bi/c4-2(5,6)1(10)3(7,8)9;2*1-3-2;/h1H;2*3H,1-2H3;/q-1;;;+1. The summed E-state index contributed by atoms with van der Waals surface area (Å²) in [6, 6.07) is 0. The smallest absolute Gasteiger partial charge is 0.385 e. The fraction of sp³-hybridized carbons (Fsp3) is 1.00. The van der Waals surface area contributed by atoms with Gasteiger partial charge >= 0.3 is 70.5 Å². The van der Waals surface area contributed by atoms with E-state index in [9.17, 15) is 31.4 Å². The number of rotatable bonds is 2. The van der Waals surface area contributed by atoms with E-state index in [1.54, 1.807) is 0 Å². The first-order valence-corrected chi connectivity index (χ1v) is 8.79. The molecule has 0 aromatic rings. The Morgan fingerprint density at radius 2 is 1.00 bits per heavy atom. The molecule has 0 aliphatic rings. The van der Waals surface area contributed by atoms with Crippen molar-refractivity contribution in [2.45, 2.75) is 53.4 Å². The van der Waals surface area contributed by atoms with Crippen LogP contribution in [0.15, 0.2) is 0 Å². The van der Waals surface area contributed by atoms with Crippen molar-refractivity contribution in [2.75, 3.05) is 0 Å². The Balaban J connectivity index is 0. The van der Waals surface area contributed by atoms with E-state index in [2.05, 4.69) is 27.7 Å². The molecule has 0 saturated heterocycles. The van der Waals surface area contributed by atoms with Crippen molar-refractivity contribution in [1.82, 2.24) is 0 Å². The Morgan fingerprint density at radius 1 is 0.765 bits per heavy atom. The molecule has 0 bridgehead atoms. The largest absolute Gasteiger partial charge is 0.839 e. The quantitative estimate of drug-likeness (QED) is 0.457. The van der Waals surface area contributed by atoms with Crippen molar-refractivity contribution in [3.8, 4) is 0 Å². The summed E-state index contributed by atoms with van der Waals surface area (Å²) in [7, 11) is 0. The Kier molecular flexibility index (Phi) is 9.03. The molecule has 0 heterocycles. The van der Waals surface area contributed by atoms with E-state index < -0.39 is 18.5 Å². The maximum Gasteiger partial charge on any atom is 0.385 e. The van der Waals surface area contributed by atoms with Gasteiger partial charge in [-0.1, -0.05) is 0 Å². The zero-order valence-corrected chi connectivity index (χ0v) is 13.3. The molecular weight excluding hydrogens is 447 g/mol. The number of halogens is 6. The summed E-state index contributed by atoms with van der Waals surface area (Å²) in [6.07, 6.45) is -16.0. The zero-order chi connectivity index (χ0) is 14.4. The minimum Gasteiger partial charge on any atom is -0.839 e. The molecule has 0 aromatic heterocycles. The second kappa shape index (κ2) is 7.77. The van der Waals surface area contributed by atoms with E-state index >= 15 is 0 Å². The SMILES string of the molecule is C[CH](C)[Bi+][CH](C)C.[O-]C(C(F)(F)F)C(F)(F)F. The van der Waals surface area contributed by atoms with Crippen LogP contribution in [-0.2, 0) is 0 Å². The molecule has 0 atom stereocenters. The topological polar surface area (TPSA) is 23.1 Å². The molecule has 0 fully saturated rings.